The Labute approximate surface area is 184 Å². The van der Waals surface area contributed by atoms with Crippen molar-refractivity contribution in [2.45, 2.75) is 25.4 Å². The number of halogens is 1. The average molecular weight is 443 g/mol. The van der Waals surface area contributed by atoms with Gasteiger partial charge in [-0.3, -0.25) is 14.9 Å². The van der Waals surface area contributed by atoms with Gasteiger partial charge in [0.1, 0.15) is 0 Å². The molecule has 30 heavy (non-hydrogen) atoms. The van der Waals surface area contributed by atoms with Crippen molar-refractivity contribution in [2.75, 3.05) is 13.2 Å². The third-order valence-corrected chi connectivity index (χ3v) is 6.82. The summed E-state index contributed by atoms with van der Waals surface area (Å²) in [6.45, 7) is 1.45. The summed E-state index contributed by atoms with van der Waals surface area (Å²) in [6, 6.07) is 12.4. The molecule has 1 amide bonds. The number of aliphatic hydroxyl groups excluding tert-OH is 1. The fourth-order valence-corrected chi connectivity index (χ4v) is 5.28. The summed E-state index contributed by atoms with van der Waals surface area (Å²) in [6.07, 6.45) is 4.93. The van der Waals surface area contributed by atoms with E-state index < -0.39 is 5.91 Å². The smallest absolute Gasteiger partial charge is 0.267 e. The molecule has 1 aromatic heterocycles. The van der Waals surface area contributed by atoms with Crippen LogP contribution in [0.5, 0.6) is 0 Å². The Hall–Kier alpha value is -2.22. The van der Waals surface area contributed by atoms with Crippen molar-refractivity contribution in [3.63, 3.8) is 0 Å². The number of aliphatic hydroxyl groups is 1. The molecule has 1 atom stereocenters. The lowest BCUT2D eigenvalue weighted by Gasteiger charge is -2.29. The van der Waals surface area contributed by atoms with E-state index in [1.165, 1.54) is 32.9 Å². The molecule has 4 rings (SSSR count). The molecular formula is C23H23ClN2O3S. The molecule has 0 bridgehead atoms. The highest BCUT2D eigenvalue weighted by atomic mass is 35.5. The predicted molar refractivity (Wildman–Crippen MR) is 121 cm³/mol. The summed E-state index contributed by atoms with van der Waals surface area (Å²) in [7, 11) is 0. The monoisotopic (exact) mass is 442 g/mol. The van der Waals surface area contributed by atoms with Crippen molar-refractivity contribution in [3.8, 4) is 0 Å². The van der Waals surface area contributed by atoms with Crippen LogP contribution in [0.4, 0.5) is 0 Å². The van der Waals surface area contributed by atoms with Crippen molar-refractivity contribution >= 4 is 45.0 Å². The van der Waals surface area contributed by atoms with Gasteiger partial charge in [0.15, 0.2) is 0 Å². The molecule has 1 heterocycles. The van der Waals surface area contributed by atoms with E-state index in [0.29, 0.717) is 6.54 Å². The minimum absolute atomic E-state index is 0.103. The number of hydroxylamine groups is 1. The lowest BCUT2D eigenvalue weighted by Crippen LogP contribution is -2.30. The minimum Gasteiger partial charge on any atom is -0.395 e. The molecule has 1 aliphatic rings. The molecule has 3 N–H and O–H groups in total. The van der Waals surface area contributed by atoms with Crippen LogP contribution >= 0.6 is 22.9 Å². The first-order valence-corrected chi connectivity index (χ1v) is 11.1. The molecule has 1 unspecified atom stereocenters. The number of hydrogen-bond acceptors (Lipinski definition) is 5. The van der Waals surface area contributed by atoms with Crippen molar-refractivity contribution in [1.29, 1.82) is 0 Å². The van der Waals surface area contributed by atoms with Crippen LogP contribution in [-0.2, 0) is 17.8 Å². The van der Waals surface area contributed by atoms with E-state index in [4.69, 9.17) is 16.8 Å². The summed E-state index contributed by atoms with van der Waals surface area (Å²) >= 11 is 7.93. The van der Waals surface area contributed by atoms with Crippen LogP contribution in [0.15, 0.2) is 47.9 Å². The number of aryl methyl sites for hydroxylation is 1. The summed E-state index contributed by atoms with van der Waals surface area (Å²) in [5.41, 5.74) is 6.27. The highest BCUT2D eigenvalue weighted by Crippen LogP contribution is 2.38. The number of fused-ring (bicyclic) bond motifs is 2. The van der Waals surface area contributed by atoms with Gasteiger partial charge in [-0.25, -0.2) is 5.48 Å². The van der Waals surface area contributed by atoms with Crippen LogP contribution in [0.3, 0.4) is 0 Å². The van der Waals surface area contributed by atoms with Crippen LogP contribution in [0.25, 0.3) is 16.2 Å². The Kier molecular flexibility index (Phi) is 6.51. The van der Waals surface area contributed by atoms with Gasteiger partial charge in [-0.1, -0.05) is 29.8 Å². The Morgan fingerprint density at radius 2 is 2.17 bits per heavy atom. The predicted octanol–water partition coefficient (Wildman–Crippen LogP) is 4.56. The quantitative estimate of drug-likeness (QED) is 0.285. The summed E-state index contributed by atoms with van der Waals surface area (Å²) in [5, 5.41) is 22.4. The van der Waals surface area contributed by atoms with Crippen molar-refractivity contribution in [2.24, 2.45) is 0 Å². The van der Waals surface area contributed by atoms with E-state index in [0.717, 1.165) is 30.0 Å². The van der Waals surface area contributed by atoms with Gasteiger partial charge >= 0.3 is 0 Å². The van der Waals surface area contributed by atoms with Crippen LogP contribution in [0.2, 0.25) is 5.02 Å². The number of carbonyl (C=O) groups is 1. The van der Waals surface area contributed by atoms with Crippen molar-refractivity contribution < 1.29 is 15.1 Å². The number of thiophene rings is 1. The molecule has 5 nitrogen and oxygen atoms in total. The summed E-state index contributed by atoms with van der Waals surface area (Å²) < 4.78 is 1.22. The van der Waals surface area contributed by atoms with Crippen LogP contribution < -0.4 is 5.48 Å². The van der Waals surface area contributed by atoms with Gasteiger partial charge in [0.05, 0.1) is 6.61 Å². The zero-order valence-electron chi connectivity index (χ0n) is 16.3. The van der Waals surface area contributed by atoms with Crippen molar-refractivity contribution in [3.05, 3.63) is 75.1 Å². The first kappa shape index (κ1) is 21.0. The second-order valence-corrected chi connectivity index (χ2v) is 8.77. The molecule has 0 spiro atoms. The Morgan fingerprint density at radius 1 is 1.30 bits per heavy atom. The maximum atomic E-state index is 11.2. The maximum Gasteiger partial charge on any atom is 0.267 e. The topological polar surface area (TPSA) is 72.8 Å². The minimum atomic E-state index is -0.550. The maximum absolute atomic E-state index is 11.2. The van der Waals surface area contributed by atoms with Gasteiger partial charge in [-0.05, 0) is 70.1 Å². The Morgan fingerprint density at radius 3 is 2.97 bits per heavy atom. The van der Waals surface area contributed by atoms with E-state index in [9.17, 15) is 9.90 Å². The highest BCUT2D eigenvalue weighted by Gasteiger charge is 2.28. The molecule has 3 aromatic rings. The molecular weight excluding hydrogens is 420 g/mol. The third-order valence-electron chi connectivity index (χ3n) is 5.57. The second-order valence-electron chi connectivity index (χ2n) is 7.42. The number of carbonyl (C=O) groups excluding carboxylic acids is 1. The third kappa shape index (κ3) is 4.43. The SMILES string of the molecule is O=C(/C=C/c1ccc2c(c1)CCC2N(CCO)Cc1csc2ccc(Cl)cc12)NO. The Bertz CT molecular complexity index is 1100. The zero-order valence-corrected chi connectivity index (χ0v) is 17.9. The molecule has 156 valence electrons. The molecule has 0 aliphatic heterocycles. The van der Waals surface area contributed by atoms with E-state index in [1.54, 1.807) is 22.9 Å². The lowest BCUT2D eigenvalue weighted by molar-refractivity contribution is -0.124. The fourth-order valence-electron chi connectivity index (χ4n) is 4.18. The Balaban J connectivity index is 1.58. The summed E-state index contributed by atoms with van der Waals surface area (Å²) in [4.78, 5) is 13.5. The van der Waals surface area contributed by atoms with Gasteiger partial charge < -0.3 is 5.11 Å². The molecule has 1 aliphatic carbocycles. The molecule has 0 saturated carbocycles. The molecule has 0 radical (unpaired) electrons. The molecule has 0 fully saturated rings. The standard InChI is InChI=1S/C23H23ClN2O3S/c24-18-4-7-22-20(12-18)17(14-30-22)13-26(9-10-27)21-6-3-16-11-15(1-5-19(16)21)2-8-23(28)25-29/h1-2,4-5,7-8,11-12,14,21,27,29H,3,6,9-10,13H2,(H,25,28)/b8-2+. The number of nitrogens with zero attached hydrogens (tertiary/aromatic N) is 1. The van der Waals surface area contributed by atoms with Crippen LogP contribution in [0.1, 0.15) is 34.7 Å². The number of rotatable bonds is 7. The molecule has 0 saturated heterocycles. The largest absolute Gasteiger partial charge is 0.395 e. The van der Waals surface area contributed by atoms with Gasteiger partial charge in [0.25, 0.3) is 5.91 Å². The van der Waals surface area contributed by atoms with Gasteiger partial charge in [0.2, 0.25) is 0 Å². The summed E-state index contributed by atoms with van der Waals surface area (Å²) in [5.74, 6) is -0.550. The molecule has 7 heteroatoms. The average Bonchev–Trinajstić information content (AvgIpc) is 3.35. The van der Waals surface area contributed by atoms with E-state index in [1.807, 2.05) is 18.2 Å². The number of hydrogen-bond donors (Lipinski definition) is 3. The van der Waals surface area contributed by atoms with E-state index >= 15 is 0 Å². The number of benzene rings is 2. The molecule has 2 aromatic carbocycles. The lowest BCUT2D eigenvalue weighted by atomic mass is 10.0. The second kappa shape index (κ2) is 9.29. The van der Waals surface area contributed by atoms with Gasteiger partial charge in [-0.2, -0.15) is 0 Å². The number of amides is 1. The van der Waals surface area contributed by atoms with Crippen LogP contribution in [0, 0.1) is 0 Å². The van der Waals surface area contributed by atoms with Crippen molar-refractivity contribution in [1.82, 2.24) is 10.4 Å². The zero-order chi connectivity index (χ0) is 21.1. The first-order valence-electron chi connectivity index (χ1n) is 9.84. The highest BCUT2D eigenvalue weighted by molar-refractivity contribution is 7.17. The van der Waals surface area contributed by atoms with E-state index in [2.05, 4.69) is 28.5 Å². The normalized spacial score (nSPS) is 15.9. The van der Waals surface area contributed by atoms with Crippen LogP contribution in [-0.4, -0.2) is 34.3 Å². The fraction of sp³-hybridized carbons (Fsp3) is 0.261. The van der Waals surface area contributed by atoms with Gasteiger partial charge in [0, 0.05) is 34.9 Å². The van der Waals surface area contributed by atoms with Gasteiger partial charge in [-0.15, -0.1) is 11.3 Å². The first-order chi connectivity index (χ1) is 14.6. The number of nitrogens with one attached hydrogen (secondary N) is 1. The van der Waals surface area contributed by atoms with E-state index in [-0.39, 0.29) is 12.6 Å².